The van der Waals surface area contributed by atoms with Crippen LogP contribution in [0.1, 0.15) is 66.1 Å². The van der Waals surface area contributed by atoms with E-state index in [1.807, 2.05) is 35.2 Å². The number of halogens is 1. The van der Waals surface area contributed by atoms with Gasteiger partial charge < -0.3 is 14.5 Å². The molecule has 0 spiro atoms. The molecular weight excluding hydrogens is 531 g/mol. The van der Waals surface area contributed by atoms with Crippen molar-refractivity contribution >= 4 is 17.8 Å². The van der Waals surface area contributed by atoms with E-state index in [2.05, 4.69) is 24.3 Å². The van der Waals surface area contributed by atoms with Crippen LogP contribution in [0.5, 0.6) is 0 Å². The van der Waals surface area contributed by atoms with Crippen LogP contribution in [0.15, 0.2) is 90.1 Å². The van der Waals surface area contributed by atoms with Crippen molar-refractivity contribution in [1.82, 2.24) is 9.80 Å². The van der Waals surface area contributed by atoms with Crippen LogP contribution in [0.3, 0.4) is 0 Å². The molecule has 42 heavy (non-hydrogen) atoms. The number of ether oxygens (including phenoxy) is 1. The summed E-state index contributed by atoms with van der Waals surface area (Å²) in [6.07, 6.45) is 2.99. The highest BCUT2D eigenvalue weighted by atomic mass is 19.1. The van der Waals surface area contributed by atoms with E-state index in [-0.39, 0.29) is 31.4 Å². The molecule has 0 bridgehead atoms. The van der Waals surface area contributed by atoms with Gasteiger partial charge in [-0.2, -0.15) is 0 Å². The van der Waals surface area contributed by atoms with Crippen molar-refractivity contribution in [3.63, 3.8) is 0 Å². The van der Waals surface area contributed by atoms with Crippen molar-refractivity contribution in [3.8, 4) is 0 Å². The van der Waals surface area contributed by atoms with E-state index in [9.17, 15) is 18.8 Å². The van der Waals surface area contributed by atoms with Crippen molar-refractivity contribution in [3.05, 3.63) is 118 Å². The van der Waals surface area contributed by atoms with Crippen molar-refractivity contribution in [2.45, 2.75) is 52.0 Å². The lowest BCUT2D eigenvalue weighted by molar-refractivity contribution is -0.140. The molecule has 218 valence electrons. The molecule has 0 aromatic heterocycles. The Morgan fingerprint density at radius 2 is 1.64 bits per heavy atom. The minimum absolute atomic E-state index is 0.00868. The highest BCUT2D eigenvalue weighted by Crippen LogP contribution is 2.38. The summed E-state index contributed by atoms with van der Waals surface area (Å²) >= 11 is 0. The van der Waals surface area contributed by atoms with Crippen LogP contribution >= 0.6 is 0 Å². The standard InChI is InChI=1S/C35H37FN2O4/c1-3-42-35(41)33-24(2)38(32(39)22-31(33)28-12-8-14-30(36)21-28)23-27-11-7-13-29(20-27)34(40)37-17-15-26(16-18-37)19-25-9-5-4-6-10-25/h4-14,20-21,26,31H,3,15-19,22-23H2,1-2H3. The normalized spacial score (nSPS) is 17.9. The number of carbonyl (C=O) groups excluding carboxylic acids is 3. The maximum atomic E-state index is 14.0. The molecule has 3 aromatic carbocycles. The van der Waals surface area contributed by atoms with Crippen molar-refractivity contribution in [1.29, 1.82) is 0 Å². The van der Waals surface area contributed by atoms with Crippen LogP contribution < -0.4 is 0 Å². The lowest BCUT2D eigenvalue weighted by Gasteiger charge is -2.35. The number of likely N-dealkylation sites (tertiary alicyclic amines) is 1. The summed E-state index contributed by atoms with van der Waals surface area (Å²) in [6.45, 7) is 5.29. The van der Waals surface area contributed by atoms with Gasteiger partial charge in [0.05, 0.1) is 18.7 Å². The van der Waals surface area contributed by atoms with Gasteiger partial charge in [0.1, 0.15) is 5.82 Å². The predicted octanol–water partition coefficient (Wildman–Crippen LogP) is 6.27. The van der Waals surface area contributed by atoms with Gasteiger partial charge in [0.25, 0.3) is 5.91 Å². The summed E-state index contributed by atoms with van der Waals surface area (Å²) in [7, 11) is 0. The third-order valence-corrected chi connectivity index (χ3v) is 8.35. The molecule has 0 radical (unpaired) electrons. The zero-order valence-corrected chi connectivity index (χ0v) is 24.2. The largest absolute Gasteiger partial charge is 0.463 e. The Labute approximate surface area is 246 Å². The van der Waals surface area contributed by atoms with Gasteiger partial charge >= 0.3 is 5.97 Å². The van der Waals surface area contributed by atoms with Gasteiger partial charge in [-0.15, -0.1) is 0 Å². The lowest BCUT2D eigenvalue weighted by Crippen LogP contribution is -2.39. The summed E-state index contributed by atoms with van der Waals surface area (Å²) in [5.41, 5.74) is 4.11. The number of rotatable bonds is 8. The predicted molar refractivity (Wildman–Crippen MR) is 159 cm³/mol. The smallest absolute Gasteiger partial charge is 0.336 e. The SMILES string of the molecule is CCOC(=O)C1=C(C)N(Cc2cccc(C(=O)N3CCC(Cc4ccccc4)CC3)c2)C(=O)CC1c1cccc(F)c1. The van der Waals surface area contributed by atoms with Crippen molar-refractivity contribution in [2.75, 3.05) is 19.7 Å². The number of hydrogen-bond donors (Lipinski definition) is 0. The second-order valence-corrected chi connectivity index (χ2v) is 11.1. The number of carbonyl (C=O) groups is 3. The molecule has 7 heteroatoms. The lowest BCUT2D eigenvalue weighted by atomic mass is 9.83. The number of amides is 2. The zero-order valence-electron chi connectivity index (χ0n) is 24.2. The fourth-order valence-corrected chi connectivity index (χ4v) is 6.14. The molecular formula is C35H37FN2O4. The average molecular weight is 569 g/mol. The Hall–Kier alpha value is -4.26. The summed E-state index contributed by atoms with van der Waals surface area (Å²) in [4.78, 5) is 43.4. The van der Waals surface area contributed by atoms with Gasteiger partial charge in [0, 0.05) is 36.7 Å². The average Bonchev–Trinajstić information content (AvgIpc) is 3.00. The van der Waals surface area contributed by atoms with Gasteiger partial charge in [0.2, 0.25) is 5.91 Å². The molecule has 2 heterocycles. The molecule has 0 N–H and O–H groups in total. The minimum atomic E-state index is -0.596. The Balaban J connectivity index is 1.31. The first kappa shape index (κ1) is 29.2. The number of piperidine rings is 1. The number of hydrogen-bond acceptors (Lipinski definition) is 4. The first-order chi connectivity index (χ1) is 20.3. The van der Waals surface area contributed by atoms with Crippen LogP contribution in [0.25, 0.3) is 0 Å². The zero-order chi connectivity index (χ0) is 29.6. The molecule has 2 amide bonds. The first-order valence-corrected chi connectivity index (χ1v) is 14.7. The van der Waals surface area contributed by atoms with E-state index in [1.54, 1.807) is 30.9 Å². The Morgan fingerprint density at radius 1 is 0.929 bits per heavy atom. The van der Waals surface area contributed by atoms with Gasteiger partial charge in [-0.05, 0) is 80.0 Å². The first-order valence-electron chi connectivity index (χ1n) is 14.7. The molecule has 1 fully saturated rings. The van der Waals surface area contributed by atoms with E-state index in [0.717, 1.165) is 37.9 Å². The van der Waals surface area contributed by atoms with Crippen LogP contribution in [0.4, 0.5) is 4.39 Å². The Bertz CT molecular complexity index is 1480. The summed E-state index contributed by atoms with van der Waals surface area (Å²) in [5.74, 6) is -1.15. The number of esters is 1. The van der Waals surface area contributed by atoms with Crippen molar-refractivity contribution < 1.29 is 23.5 Å². The topological polar surface area (TPSA) is 66.9 Å². The number of benzene rings is 3. The fourth-order valence-electron chi connectivity index (χ4n) is 6.14. The quantitative estimate of drug-likeness (QED) is 0.300. The second kappa shape index (κ2) is 13.1. The molecule has 2 aliphatic heterocycles. The highest BCUT2D eigenvalue weighted by Gasteiger charge is 2.37. The van der Waals surface area contributed by atoms with E-state index in [1.165, 1.54) is 17.7 Å². The monoisotopic (exact) mass is 568 g/mol. The molecule has 3 aromatic rings. The summed E-state index contributed by atoms with van der Waals surface area (Å²) in [5, 5.41) is 0. The van der Waals surface area contributed by atoms with Gasteiger partial charge in [0.15, 0.2) is 0 Å². The number of allylic oxidation sites excluding steroid dienone is 1. The molecule has 5 rings (SSSR count). The van der Waals surface area contributed by atoms with E-state index in [0.29, 0.717) is 28.3 Å². The van der Waals surface area contributed by atoms with E-state index >= 15 is 0 Å². The maximum absolute atomic E-state index is 14.0. The second-order valence-electron chi connectivity index (χ2n) is 11.1. The minimum Gasteiger partial charge on any atom is -0.463 e. The number of nitrogens with zero attached hydrogens (tertiary/aromatic N) is 2. The molecule has 6 nitrogen and oxygen atoms in total. The van der Waals surface area contributed by atoms with Crippen molar-refractivity contribution in [2.24, 2.45) is 5.92 Å². The molecule has 2 aliphatic rings. The molecule has 0 saturated carbocycles. The maximum Gasteiger partial charge on any atom is 0.336 e. The summed E-state index contributed by atoms with van der Waals surface area (Å²) < 4.78 is 19.4. The van der Waals surface area contributed by atoms with E-state index in [4.69, 9.17) is 4.74 Å². The molecule has 0 aliphatic carbocycles. The molecule has 1 atom stereocenters. The van der Waals surface area contributed by atoms with Crippen LogP contribution in [0, 0.1) is 11.7 Å². The Morgan fingerprint density at radius 3 is 2.36 bits per heavy atom. The van der Waals surface area contributed by atoms with Crippen LogP contribution in [0.2, 0.25) is 0 Å². The summed E-state index contributed by atoms with van der Waals surface area (Å²) in [6, 6.07) is 23.8. The highest BCUT2D eigenvalue weighted by molar-refractivity contribution is 5.96. The van der Waals surface area contributed by atoms with Crippen LogP contribution in [-0.2, 0) is 27.3 Å². The third-order valence-electron chi connectivity index (χ3n) is 8.35. The van der Waals surface area contributed by atoms with Gasteiger partial charge in [-0.25, -0.2) is 9.18 Å². The fraction of sp³-hybridized carbons (Fsp3) is 0.343. The van der Waals surface area contributed by atoms with Crippen LogP contribution in [-0.4, -0.2) is 47.3 Å². The van der Waals surface area contributed by atoms with E-state index < -0.39 is 17.7 Å². The molecule has 1 unspecified atom stereocenters. The Kier molecular flexibility index (Phi) is 9.15. The van der Waals surface area contributed by atoms with Gasteiger partial charge in [-0.1, -0.05) is 54.6 Å². The third kappa shape index (κ3) is 6.62. The molecule has 1 saturated heterocycles. The van der Waals surface area contributed by atoms with Gasteiger partial charge in [-0.3, -0.25) is 9.59 Å².